The normalized spacial score (nSPS) is 17.2. The Kier molecular flexibility index (Phi) is 5.49. The predicted octanol–water partition coefficient (Wildman–Crippen LogP) is 5.31. The number of aryl methyl sites for hydroxylation is 1. The maximum Gasteiger partial charge on any atom is 0.406 e. The van der Waals surface area contributed by atoms with Crippen molar-refractivity contribution in [3.05, 3.63) is 53.8 Å². The van der Waals surface area contributed by atoms with Crippen LogP contribution < -0.4 is 5.32 Å². The molecule has 1 aromatic heterocycles. The molecular weight excluding hydrogens is 432 g/mol. The molecule has 1 N–H and O–H groups in total. The number of anilines is 1. The van der Waals surface area contributed by atoms with Gasteiger partial charge in [0.05, 0.1) is 22.7 Å². The van der Waals surface area contributed by atoms with Gasteiger partial charge in [-0.15, -0.1) is 0 Å². The summed E-state index contributed by atoms with van der Waals surface area (Å²) in [4.78, 5) is 0. The number of fused-ring (bicyclic) bond motifs is 1. The number of hydrogen-bond acceptors (Lipinski definition) is 3. The molecule has 3 aromatic rings. The van der Waals surface area contributed by atoms with Gasteiger partial charge in [0.1, 0.15) is 22.2 Å². The molecule has 1 aliphatic heterocycles. The molecule has 1 aliphatic rings. The summed E-state index contributed by atoms with van der Waals surface area (Å²) in [5, 5.41) is 3.82. The van der Waals surface area contributed by atoms with Crippen molar-refractivity contribution in [2.24, 2.45) is 0 Å². The Bertz CT molecular complexity index is 1220. The lowest BCUT2D eigenvalue weighted by Crippen LogP contribution is -2.32. The highest BCUT2D eigenvalue weighted by molar-refractivity contribution is 7.91. The Morgan fingerprint density at radius 3 is 2.45 bits per heavy atom. The van der Waals surface area contributed by atoms with E-state index in [1.54, 1.807) is 37.3 Å². The minimum atomic E-state index is -4.48. The molecule has 0 spiro atoms. The number of aromatic nitrogens is 1. The van der Waals surface area contributed by atoms with Gasteiger partial charge in [-0.25, -0.2) is 12.8 Å². The molecule has 4 nitrogen and oxygen atoms in total. The van der Waals surface area contributed by atoms with Crippen LogP contribution in [0.5, 0.6) is 0 Å². The van der Waals surface area contributed by atoms with Gasteiger partial charge in [0.25, 0.3) is 0 Å². The molecule has 0 aliphatic carbocycles. The average molecular weight is 454 g/mol. The monoisotopic (exact) mass is 454 g/mol. The van der Waals surface area contributed by atoms with E-state index in [0.717, 1.165) is 4.57 Å². The fourth-order valence-electron chi connectivity index (χ4n) is 4.07. The molecule has 1 saturated heterocycles. The van der Waals surface area contributed by atoms with E-state index in [1.807, 2.05) is 0 Å². The van der Waals surface area contributed by atoms with Crippen LogP contribution in [0.2, 0.25) is 0 Å². The second kappa shape index (κ2) is 7.85. The first-order valence-corrected chi connectivity index (χ1v) is 11.8. The molecule has 0 radical (unpaired) electrons. The van der Waals surface area contributed by atoms with Gasteiger partial charge in [-0.2, -0.15) is 13.2 Å². The molecule has 9 heteroatoms. The molecule has 0 bridgehead atoms. The highest BCUT2D eigenvalue weighted by Crippen LogP contribution is 2.36. The van der Waals surface area contributed by atoms with Crippen molar-refractivity contribution in [3.8, 4) is 11.3 Å². The minimum Gasteiger partial charge on any atom is -0.382 e. The summed E-state index contributed by atoms with van der Waals surface area (Å²) in [6.07, 6.45) is -3.62. The van der Waals surface area contributed by atoms with Crippen LogP contribution in [0.15, 0.2) is 42.5 Å². The van der Waals surface area contributed by atoms with Gasteiger partial charge < -0.3 is 9.88 Å². The van der Waals surface area contributed by atoms with Crippen molar-refractivity contribution in [3.63, 3.8) is 0 Å². The first-order valence-electron chi connectivity index (χ1n) is 9.95. The molecule has 31 heavy (non-hydrogen) atoms. The van der Waals surface area contributed by atoms with Crippen molar-refractivity contribution >= 4 is 26.4 Å². The van der Waals surface area contributed by atoms with Crippen LogP contribution in [-0.4, -0.2) is 36.7 Å². The lowest BCUT2D eigenvalue weighted by Gasteiger charge is -2.24. The van der Waals surface area contributed by atoms with Gasteiger partial charge in [0.15, 0.2) is 0 Å². The van der Waals surface area contributed by atoms with Crippen molar-refractivity contribution in [1.82, 2.24) is 4.57 Å². The molecule has 2 aromatic carbocycles. The van der Waals surface area contributed by atoms with E-state index in [9.17, 15) is 26.0 Å². The second-order valence-electron chi connectivity index (χ2n) is 8.02. The molecule has 1 fully saturated rings. The summed E-state index contributed by atoms with van der Waals surface area (Å²) in [6, 6.07) is 10.9. The highest BCUT2D eigenvalue weighted by atomic mass is 32.2. The molecule has 0 unspecified atom stereocenters. The summed E-state index contributed by atoms with van der Waals surface area (Å²) < 4.78 is 79.2. The van der Waals surface area contributed by atoms with Crippen molar-refractivity contribution in [2.45, 2.75) is 38.5 Å². The van der Waals surface area contributed by atoms with Crippen LogP contribution in [0, 0.1) is 12.7 Å². The van der Waals surface area contributed by atoms with Crippen LogP contribution in [0.4, 0.5) is 23.2 Å². The molecule has 0 saturated carbocycles. The van der Waals surface area contributed by atoms with E-state index >= 15 is 0 Å². The third kappa shape index (κ3) is 4.71. The number of halogens is 4. The molecule has 0 amide bonds. The first kappa shape index (κ1) is 21.7. The Balaban J connectivity index is 1.80. The molecule has 166 valence electrons. The molecule has 2 heterocycles. The maximum absolute atomic E-state index is 14.7. The Morgan fingerprint density at radius 1 is 1.10 bits per heavy atom. The van der Waals surface area contributed by atoms with Crippen molar-refractivity contribution in [1.29, 1.82) is 0 Å². The standard InChI is InChI=1S/C22H22F4N2O2S/c1-14-5-6-16(18(23)11-14)21-12-17-19(27-15-7-9-31(29,30)10-8-15)3-2-4-20(17)28(21)13-22(24,25)26/h2-6,11-12,15,27H,7-10,13H2,1H3. The maximum atomic E-state index is 14.7. The second-order valence-corrected chi connectivity index (χ2v) is 10.3. The van der Waals surface area contributed by atoms with Crippen LogP contribution in [-0.2, 0) is 16.4 Å². The molecule has 0 atom stereocenters. The quantitative estimate of drug-likeness (QED) is 0.544. The summed E-state index contributed by atoms with van der Waals surface area (Å²) in [6.45, 7) is 0.467. The van der Waals surface area contributed by atoms with E-state index < -0.39 is 28.4 Å². The van der Waals surface area contributed by atoms with Gasteiger partial charge in [-0.1, -0.05) is 12.1 Å². The number of benzene rings is 2. The Morgan fingerprint density at radius 2 is 1.81 bits per heavy atom. The summed E-state index contributed by atoms with van der Waals surface area (Å²) in [5.74, 6) is -0.427. The van der Waals surface area contributed by atoms with E-state index in [1.165, 1.54) is 12.1 Å². The zero-order chi connectivity index (χ0) is 22.4. The SMILES string of the molecule is Cc1ccc(-c2cc3c(NC4CCS(=O)(=O)CC4)cccc3n2CC(F)(F)F)c(F)c1. The van der Waals surface area contributed by atoms with Crippen LogP contribution in [0.1, 0.15) is 18.4 Å². The lowest BCUT2D eigenvalue weighted by molar-refractivity contribution is -0.139. The number of rotatable bonds is 4. The van der Waals surface area contributed by atoms with Crippen LogP contribution >= 0.6 is 0 Å². The van der Waals surface area contributed by atoms with Crippen molar-refractivity contribution < 1.29 is 26.0 Å². The third-order valence-corrected chi connectivity index (χ3v) is 7.31. The molecule has 4 rings (SSSR count). The number of sulfone groups is 1. The number of nitrogens with one attached hydrogen (secondary N) is 1. The van der Waals surface area contributed by atoms with Gasteiger partial charge >= 0.3 is 6.18 Å². The zero-order valence-corrected chi connectivity index (χ0v) is 17.7. The Hall–Kier alpha value is -2.55. The van der Waals surface area contributed by atoms with E-state index in [0.29, 0.717) is 35.0 Å². The van der Waals surface area contributed by atoms with Gasteiger partial charge in [0.2, 0.25) is 0 Å². The Labute approximate surface area is 177 Å². The van der Waals surface area contributed by atoms with E-state index in [4.69, 9.17) is 0 Å². The van der Waals surface area contributed by atoms with Crippen LogP contribution in [0.25, 0.3) is 22.2 Å². The first-order chi connectivity index (χ1) is 14.5. The summed E-state index contributed by atoms with van der Waals surface area (Å²) in [5.41, 5.74) is 1.86. The van der Waals surface area contributed by atoms with E-state index in [2.05, 4.69) is 5.32 Å². The zero-order valence-electron chi connectivity index (χ0n) is 16.8. The summed E-state index contributed by atoms with van der Waals surface area (Å²) >= 11 is 0. The smallest absolute Gasteiger partial charge is 0.382 e. The third-order valence-electron chi connectivity index (χ3n) is 5.60. The number of alkyl halides is 3. The largest absolute Gasteiger partial charge is 0.406 e. The fraction of sp³-hybridized carbons (Fsp3) is 0.364. The predicted molar refractivity (Wildman–Crippen MR) is 113 cm³/mol. The van der Waals surface area contributed by atoms with E-state index in [-0.39, 0.29) is 28.8 Å². The van der Waals surface area contributed by atoms with Crippen LogP contribution in [0.3, 0.4) is 0 Å². The average Bonchev–Trinajstić information content (AvgIpc) is 3.01. The summed E-state index contributed by atoms with van der Waals surface area (Å²) in [7, 11) is -3.03. The number of nitrogens with zero attached hydrogens (tertiary/aromatic N) is 1. The number of hydrogen-bond donors (Lipinski definition) is 1. The highest BCUT2D eigenvalue weighted by Gasteiger charge is 2.31. The topological polar surface area (TPSA) is 51.1 Å². The van der Waals surface area contributed by atoms with Gasteiger partial charge in [0, 0.05) is 22.7 Å². The van der Waals surface area contributed by atoms with Gasteiger partial charge in [-0.3, -0.25) is 0 Å². The van der Waals surface area contributed by atoms with Gasteiger partial charge in [-0.05, 0) is 55.7 Å². The fourth-order valence-corrected chi connectivity index (χ4v) is 5.56. The van der Waals surface area contributed by atoms with Crippen molar-refractivity contribution in [2.75, 3.05) is 16.8 Å². The minimum absolute atomic E-state index is 0.0789. The molecular formula is C22H22F4N2O2S. The lowest BCUT2D eigenvalue weighted by atomic mass is 10.1.